The number of aliphatic hydroxyl groups excluding tert-OH is 1. The number of hydrogen-bond donors (Lipinski definition) is 3. The number of carbonyl (C=O) groups is 1. The zero-order valence-corrected chi connectivity index (χ0v) is 11.5. The number of ketones is 1. The molecule has 3 N–H and O–H groups in total. The van der Waals surface area contributed by atoms with Crippen molar-refractivity contribution in [3.05, 3.63) is 12.2 Å². The molecule has 7 atom stereocenters. The monoisotopic (exact) mass is 266 g/mol. The number of Topliss-reactive ketones (excluding diaryl/α,β-unsaturated/α-hetero) is 1. The Morgan fingerprint density at radius 1 is 1.32 bits per heavy atom. The molecule has 0 amide bonds. The van der Waals surface area contributed by atoms with E-state index in [2.05, 4.69) is 6.58 Å². The van der Waals surface area contributed by atoms with Crippen LogP contribution in [0, 0.1) is 23.7 Å². The van der Waals surface area contributed by atoms with Crippen molar-refractivity contribution in [3.63, 3.8) is 0 Å². The first-order valence-corrected chi connectivity index (χ1v) is 7.06. The van der Waals surface area contributed by atoms with Gasteiger partial charge < -0.3 is 15.3 Å². The summed E-state index contributed by atoms with van der Waals surface area (Å²) in [4.78, 5) is 12.3. The molecule has 3 aliphatic rings. The van der Waals surface area contributed by atoms with Crippen molar-refractivity contribution in [2.45, 2.75) is 50.4 Å². The van der Waals surface area contributed by atoms with Crippen molar-refractivity contribution in [3.8, 4) is 0 Å². The third-order valence-corrected chi connectivity index (χ3v) is 5.88. The second-order valence-electron chi connectivity index (χ2n) is 6.95. The Kier molecular flexibility index (Phi) is 2.58. The summed E-state index contributed by atoms with van der Waals surface area (Å²) in [7, 11) is 0. The summed E-state index contributed by atoms with van der Waals surface area (Å²) in [6.45, 7) is 7.48. The van der Waals surface area contributed by atoms with Crippen LogP contribution in [0.1, 0.15) is 33.1 Å². The lowest BCUT2D eigenvalue weighted by atomic mass is 9.55. The average molecular weight is 266 g/mol. The molecule has 0 aromatic carbocycles. The third-order valence-electron chi connectivity index (χ3n) is 5.88. The summed E-state index contributed by atoms with van der Waals surface area (Å²) in [6.07, 6.45) is 0.711. The van der Waals surface area contributed by atoms with Crippen molar-refractivity contribution < 1.29 is 20.1 Å². The molecule has 0 aromatic rings. The standard InChI is InChI=1S/C15H22O4/c1-7-6-10(16)15(19)8(2)13(17)12-11(15)9(7)4-5-14(12,3)18/h7,9,11-13,17-19H,2,4-6H2,1,3H3/t7-,9+,11+,12+,13-,14-,15+/m0/s1. The zero-order chi connectivity index (χ0) is 14.2. The number of carbonyl (C=O) groups excluding carboxylic acids is 1. The Hall–Kier alpha value is -0.710. The molecule has 3 saturated carbocycles. The first kappa shape index (κ1) is 13.3. The molecule has 0 heterocycles. The van der Waals surface area contributed by atoms with Gasteiger partial charge in [0.15, 0.2) is 5.78 Å². The van der Waals surface area contributed by atoms with Crippen LogP contribution in [0.4, 0.5) is 0 Å². The molecule has 3 aliphatic carbocycles. The molecule has 106 valence electrons. The fourth-order valence-electron chi connectivity index (χ4n) is 4.82. The van der Waals surface area contributed by atoms with Crippen LogP contribution >= 0.6 is 0 Å². The van der Waals surface area contributed by atoms with Crippen LogP contribution in [0.25, 0.3) is 0 Å². The lowest BCUT2D eigenvalue weighted by molar-refractivity contribution is -0.169. The summed E-state index contributed by atoms with van der Waals surface area (Å²) in [6, 6.07) is 0. The molecule has 0 bridgehead atoms. The molecule has 4 heteroatoms. The molecule has 3 rings (SSSR count). The van der Waals surface area contributed by atoms with Gasteiger partial charge in [-0.15, -0.1) is 0 Å². The predicted molar refractivity (Wildman–Crippen MR) is 69.2 cm³/mol. The first-order valence-electron chi connectivity index (χ1n) is 7.06. The molecule has 0 aromatic heterocycles. The molecule has 0 aliphatic heterocycles. The number of rotatable bonds is 0. The second-order valence-corrected chi connectivity index (χ2v) is 6.95. The molecule has 0 saturated heterocycles. The van der Waals surface area contributed by atoms with E-state index in [1.54, 1.807) is 6.92 Å². The summed E-state index contributed by atoms with van der Waals surface area (Å²) < 4.78 is 0. The van der Waals surface area contributed by atoms with Gasteiger partial charge in [0, 0.05) is 18.3 Å². The van der Waals surface area contributed by atoms with Gasteiger partial charge in [-0.2, -0.15) is 0 Å². The van der Waals surface area contributed by atoms with Gasteiger partial charge in [-0.1, -0.05) is 13.5 Å². The molecule has 19 heavy (non-hydrogen) atoms. The molecular weight excluding hydrogens is 244 g/mol. The number of aliphatic hydroxyl groups is 3. The van der Waals surface area contributed by atoms with E-state index in [1.807, 2.05) is 6.92 Å². The van der Waals surface area contributed by atoms with Crippen LogP contribution in [-0.4, -0.2) is 38.4 Å². The molecule has 0 spiro atoms. The minimum atomic E-state index is -1.63. The minimum absolute atomic E-state index is 0.168. The highest BCUT2D eigenvalue weighted by atomic mass is 16.3. The van der Waals surface area contributed by atoms with E-state index in [9.17, 15) is 20.1 Å². The highest BCUT2D eigenvalue weighted by molar-refractivity contribution is 5.93. The Labute approximate surface area is 113 Å². The number of hydrogen-bond acceptors (Lipinski definition) is 4. The van der Waals surface area contributed by atoms with E-state index in [0.717, 1.165) is 6.42 Å². The van der Waals surface area contributed by atoms with E-state index >= 15 is 0 Å². The lowest BCUT2D eigenvalue weighted by Crippen LogP contribution is -2.59. The molecule has 0 unspecified atom stereocenters. The van der Waals surface area contributed by atoms with Crippen LogP contribution in [0.5, 0.6) is 0 Å². The van der Waals surface area contributed by atoms with Crippen molar-refractivity contribution in [1.82, 2.24) is 0 Å². The van der Waals surface area contributed by atoms with Crippen LogP contribution < -0.4 is 0 Å². The lowest BCUT2D eigenvalue weighted by Gasteiger charge is -2.51. The maximum Gasteiger partial charge on any atom is 0.169 e. The van der Waals surface area contributed by atoms with Gasteiger partial charge in [-0.25, -0.2) is 0 Å². The van der Waals surface area contributed by atoms with Gasteiger partial charge in [0.2, 0.25) is 0 Å². The first-order chi connectivity index (χ1) is 8.71. The SMILES string of the molecule is C=C1[C@H](O)[C@H]2[C@H]3[C@H](CC[C@]2(C)O)[C@@H](C)CC(=O)[C@]13O. The van der Waals surface area contributed by atoms with E-state index < -0.39 is 29.1 Å². The van der Waals surface area contributed by atoms with Gasteiger partial charge >= 0.3 is 0 Å². The Balaban J connectivity index is 2.15. The highest BCUT2D eigenvalue weighted by Gasteiger charge is 2.69. The topological polar surface area (TPSA) is 77.8 Å². The van der Waals surface area contributed by atoms with Gasteiger partial charge in [-0.3, -0.25) is 4.79 Å². The smallest absolute Gasteiger partial charge is 0.169 e. The maximum atomic E-state index is 12.3. The van der Waals surface area contributed by atoms with Crippen molar-refractivity contribution in [2.24, 2.45) is 23.7 Å². The maximum absolute atomic E-state index is 12.3. The minimum Gasteiger partial charge on any atom is -0.390 e. The fraction of sp³-hybridized carbons (Fsp3) is 0.800. The van der Waals surface area contributed by atoms with Crippen molar-refractivity contribution >= 4 is 5.78 Å². The molecular formula is C15H22O4. The van der Waals surface area contributed by atoms with Crippen molar-refractivity contribution in [2.75, 3.05) is 0 Å². The van der Waals surface area contributed by atoms with Crippen LogP contribution in [-0.2, 0) is 4.79 Å². The van der Waals surface area contributed by atoms with Gasteiger partial charge in [0.05, 0.1) is 11.7 Å². The van der Waals surface area contributed by atoms with Crippen LogP contribution in [0.2, 0.25) is 0 Å². The summed E-state index contributed by atoms with van der Waals surface area (Å²) in [5.41, 5.74) is -2.50. The fourth-order valence-corrected chi connectivity index (χ4v) is 4.82. The van der Waals surface area contributed by atoms with Crippen LogP contribution in [0.15, 0.2) is 12.2 Å². The molecule has 4 nitrogen and oxygen atoms in total. The zero-order valence-electron chi connectivity index (χ0n) is 11.5. The van der Waals surface area contributed by atoms with E-state index in [1.165, 1.54) is 0 Å². The average Bonchev–Trinajstić information content (AvgIpc) is 2.52. The Morgan fingerprint density at radius 2 is 1.95 bits per heavy atom. The van der Waals surface area contributed by atoms with Gasteiger partial charge in [0.25, 0.3) is 0 Å². The summed E-state index contributed by atoms with van der Waals surface area (Å²) >= 11 is 0. The van der Waals surface area contributed by atoms with E-state index in [-0.39, 0.29) is 23.2 Å². The molecule has 0 radical (unpaired) electrons. The predicted octanol–water partition coefficient (Wildman–Crippen LogP) is 0.650. The quantitative estimate of drug-likeness (QED) is 0.563. The summed E-state index contributed by atoms with van der Waals surface area (Å²) in [5.74, 6) is -0.771. The van der Waals surface area contributed by atoms with E-state index in [0.29, 0.717) is 12.8 Å². The second kappa shape index (κ2) is 3.68. The summed E-state index contributed by atoms with van der Waals surface area (Å²) in [5, 5.41) is 31.8. The Morgan fingerprint density at radius 3 is 2.58 bits per heavy atom. The van der Waals surface area contributed by atoms with Crippen molar-refractivity contribution in [1.29, 1.82) is 0 Å². The Bertz CT molecular complexity index is 455. The normalized spacial score (nSPS) is 57.2. The van der Waals surface area contributed by atoms with Crippen LogP contribution in [0.3, 0.4) is 0 Å². The van der Waals surface area contributed by atoms with Gasteiger partial charge in [0.1, 0.15) is 5.60 Å². The molecule has 3 fully saturated rings. The third kappa shape index (κ3) is 1.42. The van der Waals surface area contributed by atoms with E-state index in [4.69, 9.17) is 0 Å². The highest BCUT2D eigenvalue weighted by Crippen LogP contribution is 2.61. The largest absolute Gasteiger partial charge is 0.390 e. The van der Waals surface area contributed by atoms with Gasteiger partial charge in [-0.05, 0) is 37.2 Å².